The Morgan fingerprint density at radius 2 is 1.83 bits per heavy atom. The summed E-state index contributed by atoms with van der Waals surface area (Å²) in [4.78, 5) is 26.1. The van der Waals surface area contributed by atoms with Crippen molar-refractivity contribution < 1.29 is 14.0 Å². The van der Waals surface area contributed by atoms with Crippen molar-refractivity contribution in [2.75, 3.05) is 19.6 Å². The predicted octanol–water partition coefficient (Wildman–Crippen LogP) is 1.81. The first-order valence-electron chi connectivity index (χ1n) is 8.60. The van der Waals surface area contributed by atoms with Gasteiger partial charge < -0.3 is 16.0 Å². The Bertz CT molecular complexity index is 540. The van der Waals surface area contributed by atoms with E-state index in [4.69, 9.17) is 5.73 Å². The van der Waals surface area contributed by atoms with Gasteiger partial charge in [0.1, 0.15) is 5.82 Å². The minimum absolute atomic E-state index is 0.00885. The van der Waals surface area contributed by atoms with Crippen LogP contribution in [0.25, 0.3) is 0 Å². The second kappa shape index (κ2) is 9.37. The molecule has 1 aromatic rings. The van der Waals surface area contributed by atoms with E-state index in [1.54, 1.807) is 12.1 Å². The molecular weight excluding hydrogens is 309 g/mol. The first-order chi connectivity index (χ1) is 11.6. The van der Waals surface area contributed by atoms with Crippen LogP contribution >= 0.6 is 0 Å². The average molecular weight is 335 g/mol. The summed E-state index contributed by atoms with van der Waals surface area (Å²) in [6, 6.07) is 6.10. The van der Waals surface area contributed by atoms with Crippen molar-refractivity contribution in [3.63, 3.8) is 0 Å². The Balaban J connectivity index is 1.70. The minimum atomic E-state index is -0.284. The third-order valence-corrected chi connectivity index (χ3v) is 4.44. The molecule has 3 N–H and O–H groups in total. The predicted molar refractivity (Wildman–Crippen MR) is 90.5 cm³/mol. The molecule has 132 valence electrons. The fourth-order valence-corrected chi connectivity index (χ4v) is 2.91. The fraction of sp³-hybridized carbons (Fsp3) is 0.556. The number of carbonyl (C=O) groups is 2. The number of benzene rings is 1. The second-order valence-corrected chi connectivity index (χ2v) is 6.25. The zero-order valence-electron chi connectivity index (χ0n) is 14.0. The van der Waals surface area contributed by atoms with Crippen molar-refractivity contribution in [1.82, 2.24) is 10.2 Å². The maximum Gasteiger partial charge on any atom is 0.223 e. The molecule has 0 atom stereocenters. The van der Waals surface area contributed by atoms with Crippen LogP contribution in [0.5, 0.6) is 0 Å². The molecule has 1 heterocycles. The number of rotatable bonds is 7. The lowest BCUT2D eigenvalue weighted by molar-refractivity contribution is -0.135. The quantitative estimate of drug-likeness (QED) is 0.746. The van der Waals surface area contributed by atoms with Crippen LogP contribution in [0.3, 0.4) is 0 Å². The Morgan fingerprint density at radius 1 is 1.17 bits per heavy atom. The third kappa shape index (κ3) is 5.60. The van der Waals surface area contributed by atoms with Gasteiger partial charge in [-0.05, 0) is 49.9 Å². The van der Waals surface area contributed by atoms with Crippen molar-refractivity contribution in [2.45, 2.75) is 38.6 Å². The van der Waals surface area contributed by atoms with Gasteiger partial charge in [-0.15, -0.1) is 0 Å². The average Bonchev–Trinajstić information content (AvgIpc) is 2.61. The molecular formula is C18H26FN3O2. The zero-order chi connectivity index (χ0) is 17.4. The van der Waals surface area contributed by atoms with E-state index in [0.717, 1.165) is 18.4 Å². The Hall–Kier alpha value is -1.95. The number of hydrogen-bond donors (Lipinski definition) is 2. The Morgan fingerprint density at radius 3 is 2.46 bits per heavy atom. The standard InChI is InChI=1S/C18H26FN3O2/c19-16-6-4-14(5-7-16)13-21-18(24)15-8-11-22(12-9-15)17(23)3-1-2-10-20/h4-7,15H,1-3,8-13,20H2,(H,21,24). The molecule has 0 radical (unpaired) electrons. The summed E-state index contributed by atoms with van der Waals surface area (Å²) >= 11 is 0. The van der Waals surface area contributed by atoms with E-state index < -0.39 is 0 Å². The molecule has 0 spiro atoms. The van der Waals surface area contributed by atoms with Crippen LogP contribution in [0.2, 0.25) is 0 Å². The monoisotopic (exact) mass is 335 g/mol. The number of nitrogens with one attached hydrogen (secondary N) is 1. The van der Waals surface area contributed by atoms with Crippen molar-refractivity contribution in [1.29, 1.82) is 0 Å². The summed E-state index contributed by atoms with van der Waals surface area (Å²) in [6.45, 7) is 2.28. The Kier molecular flexibility index (Phi) is 7.18. The number of halogens is 1. The lowest BCUT2D eigenvalue weighted by Gasteiger charge is -2.31. The van der Waals surface area contributed by atoms with Crippen LogP contribution in [-0.2, 0) is 16.1 Å². The maximum absolute atomic E-state index is 12.9. The summed E-state index contributed by atoms with van der Waals surface area (Å²) < 4.78 is 12.9. The number of carbonyl (C=O) groups excluding carboxylic acids is 2. The number of unbranched alkanes of at least 4 members (excludes halogenated alkanes) is 1. The molecule has 5 nitrogen and oxygen atoms in total. The van der Waals surface area contributed by atoms with E-state index in [2.05, 4.69) is 5.32 Å². The topological polar surface area (TPSA) is 75.4 Å². The van der Waals surface area contributed by atoms with Gasteiger partial charge in [0.05, 0.1) is 0 Å². The van der Waals surface area contributed by atoms with Crippen LogP contribution in [0.1, 0.15) is 37.7 Å². The van der Waals surface area contributed by atoms with Gasteiger partial charge in [-0.1, -0.05) is 12.1 Å². The van der Waals surface area contributed by atoms with Crippen LogP contribution < -0.4 is 11.1 Å². The maximum atomic E-state index is 12.9. The summed E-state index contributed by atoms with van der Waals surface area (Å²) in [7, 11) is 0. The highest BCUT2D eigenvalue weighted by Crippen LogP contribution is 2.18. The lowest BCUT2D eigenvalue weighted by atomic mass is 9.95. The molecule has 0 aliphatic carbocycles. The van der Waals surface area contributed by atoms with Gasteiger partial charge in [-0.3, -0.25) is 9.59 Å². The first-order valence-corrected chi connectivity index (χ1v) is 8.60. The molecule has 1 fully saturated rings. The minimum Gasteiger partial charge on any atom is -0.352 e. The van der Waals surface area contributed by atoms with Crippen molar-refractivity contribution in [3.8, 4) is 0 Å². The molecule has 1 aliphatic rings. The summed E-state index contributed by atoms with van der Waals surface area (Å²) in [5, 5.41) is 2.90. The molecule has 24 heavy (non-hydrogen) atoms. The number of hydrogen-bond acceptors (Lipinski definition) is 3. The first kappa shape index (κ1) is 18.4. The summed E-state index contributed by atoms with van der Waals surface area (Å²) in [5.74, 6) is -0.171. The molecule has 0 aromatic heterocycles. The van der Waals surface area contributed by atoms with Crippen LogP contribution in [0.4, 0.5) is 4.39 Å². The number of nitrogens with zero attached hydrogens (tertiary/aromatic N) is 1. The van der Waals surface area contributed by atoms with Gasteiger partial charge in [0.25, 0.3) is 0 Å². The molecule has 1 aromatic carbocycles. The highest BCUT2D eigenvalue weighted by molar-refractivity contribution is 5.80. The van der Waals surface area contributed by atoms with E-state index in [1.165, 1.54) is 12.1 Å². The highest BCUT2D eigenvalue weighted by atomic mass is 19.1. The third-order valence-electron chi connectivity index (χ3n) is 4.44. The van der Waals surface area contributed by atoms with Gasteiger partial charge >= 0.3 is 0 Å². The molecule has 0 bridgehead atoms. The van der Waals surface area contributed by atoms with Crippen molar-refractivity contribution in [3.05, 3.63) is 35.6 Å². The molecule has 6 heteroatoms. The van der Waals surface area contributed by atoms with Gasteiger partial charge in [0.15, 0.2) is 0 Å². The molecule has 1 saturated heterocycles. The lowest BCUT2D eigenvalue weighted by Crippen LogP contribution is -2.42. The highest BCUT2D eigenvalue weighted by Gasteiger charge is 2.26. The van der Waals surface area contributed by atoms with Gasteiger partial charge in [-0.25, -0.2) is 4.39 Å². The van der Waals surface area contributed by atoms with Crippen molar-refractivity contribution >= 4 is 11.8 Å². The fourth-order valence-electron chi connectivity index (χ4n) is 2.91. The van der Waals surface area contributed by atoms with E-state index in [-0.39, 0.29) is 23.5 Å². The molecule has 2 amide bonds. The number of likely N-dealkylation sites (tertiary alicyclic amines) is 1. The number of amides is 2. The van der Waals surface area contributed by atoms with Gasteiger partial charge in [0, 0.05) is 32.0 Å². The van der Waals surface area contributed by atoms with Gasteiger partial charge in [0.2, 0.25) is 11.8 Å². The van der Waals surface area contributed by atoms with E-state index in [9.17, 15) is 14.0 Å². The second-order valence-electron chi connectivity index (χ2n) is 6.25. The van der Waals surface area contributed by atoms with Crippen LogP contribution in [0, 0.1) is 11.7 Å². The van der Waals surface area contributed by atoms with Crippen molar-refractivity contribution in [2.24, 2.45) is 11.7 Å². The smallest absolute Gasteiger partial charge is 0.223 e. The van der Waals surface area contributed by atoms with E-state index >= 15 is 0 Å². The molecule has 2 rings (SSSR count). The molecule has 0 saturated carbocycles. The largest absolute Gasteiger partial charge is 0.352 e. The van der Waals surface area contributed by atoms with E-state index in [0.29, 0.717) is 45.4 Å². The zero-order valence-corrected chi connectivity index (χ0v) is 14.0. The summed E-state index contributed by atoms with van der Waals surface area (Å²) in [5.41, 5.74) is 6.31. The normalized spacial score (nSPS) is 15.3. The molecule has 0 unspecified atom stereocenters. The summed E-state index contributed by atoms with van der Waals surface area (Å²) in [6.07, 6.45) is 3.62. The van der Waals surface area contributed by atoms with Crippen LogP contribution in [-0.4, -0.2) is 36.3 Å². The SMILES string of the molecule is NCCCCC(=O)N1CCC(C(=O)NCc2ccc(F)cc2)CC1. The van der Waals surface area contributed by atoms with Gasteiger partial charge in [-0.2, -0.15) is 0 Å². The Labute approximate surface area is 142 Å². The number of piperidine rings is 1. The molecule has 1 aliphatic heterocycles. The number of nitrogens with two attached hydrogens (primary N) is 1. The van der Waals surface area contributed by atoms with E-state index in [1.807, 2.05) is 4.90 Å². The van der Waals surface area contributed by atoms with Crippen LogP contribution in [0.15, 0.2) is 24.3 Å².